The molecular formula is C18H26N2. The van der Waals surface area contributed by atoms with Gasteiger partial charge in [0, 0.05) is 36.7 Å². The fraction of sp³-hybridized carbons (Fsp3) is 0.556. The van der Waals surface area contributed by atoms with E-state index in [1.165, 1.54) is 35.7 Å². The van der Waals surface area contributed by atoms with Crippen LogP contribution in [-0.4, -0.2) is 10.6 Å². The molecule has 1 N–H and O–H groups in total. The number of para-hydroxylation sites is 1. The van der Waals surface area contributed by atoms with Crippen LogP contribution in [0.1, 0.15) is 38.7 Å². The third-order valence-electron chi connectivity index (χ3n) is 5.29. The number of hydrogen-bond donors (Lipinski definition) is 1. The molecular weight excluding hydrogens is 244 g/mol. The highest BCUT2D eigenvalue weighted by molar-refractivity contribution is 5.83. The van der Waals surface area contributed by atoms with Crippen LogP contribution in [-0.2, 0) is 13.6 Å². The van der Waals surface area contributed by atoms with Gasteiger partial charge in [0.2, 0.25) is 0 Å². The minimum atomic E-state index is 0.693. The molecule has 3 unspecified atom stereocenters. The number of aromatic nitrogens is 1. The van der Waals surface area contributed by atoms with Gasteiger partial charge in [0.25, 0.3) is 0 Å². The Bertz CT molecular complexity index is 584. The van der Waals surface area contributed by atoms with Crippen LogP contribution in [0.2, 0.25) is 0 Å². The minimum absolute atomic E-state index is 0.693. The van der Waals surface area contributed by atoms with E-state index in [1.54, 1.807) is 0 Å². The zero-order chi connectivity index (χ0) is 14.1. The Hall–Kier alpha value is -1.28. The van der Waals surface area contributed by atoms with E-state index >= 15 is 0 Å². The van der Waals surface area contributed by atoms with Crippen molar-refractivity contribution in [2.45, 2.75) is 45.7 Å². The Morgan fingerprint density at radius 2 is 2.05 bits per heavy atom. The van der Waals surface area contributed by atoms with E-state index in [2.05, 4.69) is 61.2 Å². The number of hydrogen-bond acceptors (Lipinski definition) is 1. The first-order valence-electron chi connectivity index (χ1n) is 7.97. The van der Waals surface area contributed by atoms with E-state index in [1.807, 2.05) is 0 Å². The molecule has 0 aliphatic heterocycles. The lowest BCUT2D eigenvalue weighted by molar-refractivity contribution is 0.344. The Labute approximate surface area is 122 Å². The summed E-state index contributed by atoms with van der Waals surface area (Å²) in [4.78, 5) is 0. The van der Waals surface area contributed by atoms with Crippen LogP contribution in [0.3, 0.4) is 0 Å². The van der Waals surface area contributed by atoms with Crippen molar-refractivity contribution in [1.29, 1.82) is 0 Å². The van der Waals surface area contributed by atoms with Crippen molar-refractivity contribution < 1.29 is 0 Å². The maximum atomic E-state index is 3.80. The predicted molar refractivity (Wildman–Crippen MR) is 85.7 cm³/mol. The molecule has 0 amide bonds. The highest BCUT2D eigenvalue weighted by Crippen LogP contribution is 2.34. The second-order valence-electron chi connectivity index (χ2n) is 6.37. The van der Waals surface area contributed by atoms with E-state index in [-0.39, 0.29) is 0 Å². The molecule has 0 spiro atoms. The van der Waals surface area contributed by atoms with Gasteiger partial charge >= 0.3 is 0 Å². The maximum absolute atomic E-state index is 3.80. The molecule has 108 valence electrons. The second kappa shape index (κ2) is 5.61. The van der Waals surface area contributed by atoms with E-state index in [9.17, 15) is 0 Å². The normalized spacial score (nSPS) is 26.4. The van der Waals surface area contributed by atoms with Crippen molar-refractivity contribution in [1.82, 2.24) is 9.88 Å². The summed E-state index contributed by atoms with van der Waals surface area (Å²) in [5.74, 6) is 1.73. The third kappa shape index (κ3) is 2.37. The first-order chi connectivity index (χ1) is 9.70. The van der Waals surface area contributed by atoms with Gasteiger partial charge in [-0.15, -0.1) is 0 Å². The van der Waals surface area contributed by atoms with Crippen molar-refractivity contribution in [3.05, 3.63) is 36.0 Å². The second-order valence-corrected chi connectivity index (χ2v) is 6.37. The largest absolute Gasteiger partial charge is 0.350 e. The fourth-order valence-electron chi connectivity index (χ4n) is 3.92. The highest BCUT2D eigenvalue weighted by Gasteiger charge is 2.30. The van der Waals surface area contributed by atoms with Gasteiger partial charge in [0.1, 0.15) is 0 Å². The Morgan fingerprint density at radius 1 is 1.25 bits per heavy atom. The van der Waals surface area contributed by atoms with Crippen LogP contribution in [0.25, 0.3) is 10.9 Å². The number of nitrogens with zero attached hydrogens (tertiary/aromatic N) is 1. The fourth-order valence-corrected chi connectivity index (χ4v) is 3.92. The summed E-state index contributed by atoms with van der Waals surface area (Å²) in [6.07, 6.45) is 6.33. The van der Waals surface area contributed by atoms with Gasteiger partial charge in [-0.2, -0.15) is 0 Å². The summed E-state index contributed by atoms with van der Waals surface area (Å²) in [5.41, 5.74) is 2.76. The van der Waals surface area contributed by atoms with Crippen LogP contribution in [0.15, 0.2) is 30.5 Å². The predicted octanol–water partition coefficient (Wildman–Crippen LogP) is 4.09. The summed E-state index contributed by atoms with van der Waals surface area (Å²) in [5, 5.41) is 5.19. The molecule has 1 heterocycles. The lowest BCUT2D eigenvalue weighted by Crippen LogP contribution is -2.32. The molecule has 0 bridgehead atoms. The number of aryl methyl sites for hydroxylation is 1. The summed E-state index contributed by atoms with van der Waals surface area (Å²) in [6.45, 7) is 5.74. The Balaban J connectivity index is 1.72. The van der Waals surface area contributed by atoms with Gasteiger partial charge in [0.15, 0.2) is 0 Å². The summed E-state index contributed by atoms with van der Waals surface area (Å²) >= 11 is 0. The molecule has 2 aromatic rings. The molecule has 1 aromatic carbocycles. The monoisotopic (exact) mass is 270 g/mol. The van der Waals surface area contributed by atoms with E-state index in [0.29, 0.717) is 6.04 Å². The van der Waals surface area contributed by atoms with Crippen molar-refractivity contribution >= 4 is 10.9 Å². The number of benzene rings is 1. The van der Waals surface area contributed by atoms with Gasteiger partial charge in [-0.3, -0.25) is 0 Å². The van der Waals surface area contributed by atoms with E-state index in [4.69, 9.17) is 0 Å². The van der Waals surface area contributed by atoms with Gasteiger partial charge in [-0.05, 0) is 36.3 Å². The smallest absolute Gasteiger partial charge is 0.0481 e. The lowest BCUT2D eigenvalue weighted by Gasteiger charge is -2.21. The summed E-state index contributed by atoms with van der Waals surface area (Å²) in [6, 6.07) is 9.38. The molecule has 3 atom stereocenters. The van der Waals surface area contributed by atoms with Gasteiger partial charge in [-0.1, -0.05) is 38.5 Å². The lowest BCUT2D eigenvalue weighted by atomic mass is 9.93. The molecule has 1 aromatic heterocycles. The average Bonchev–Trinajstić information content (AvgIpc) is 2.98. The Kier molecular flexibility index (Phi) is 3.84. The Morgan fingerprint density at radius 3 is 2.80 bits per heavy atom. The molecule has 2 heteroatoms. The average molecular weight is 270 g/mol. The molecule has 1 aliphatic rings. The standard InChI is InChI=1S/C18H26N2/c1-4-14-9-10-17(13(14)2)19-11-15-12-20(3)18-8-6-5-7-16(15)18/h5-8,12-14,17,19H,4,9-11H2,1-3H3. The van der Waals surface area contributed by atoms with Gasteiger partial charge in [0.05, 0.1) is 0 Å². The molecule has 2 nitrogen and oxygen atoms in total. The first-order valence-corrected chi connectivity index (χ1v) is 7.97. The van der Waals surface area contributed by atoms with E-state index < -0.39 is 0 Å². The van der Waals surface area contributed by atoms with Crippen molar-refractivity contribution in [2.75, 3.05) is 0 Å². The third-order valence-corrected chi connectivity index (χ3v) is 5.29. The maximum Gasteiger partial charge on any atom is 0.0481 e. The number of rotatable bonds is 4. The van der Waals surface area contributed by atoms with Crippen molar-refractivity contribution in [3.63, 3.8) is 0 Å². The topological polar surface area (TPSA) is 17.0 Å². The van der Waals surface area contributed by atoms with Gasteiger partial charge < -0.3 is 9.88 Å². The van der Waals surface area contributed by atoms with Crippen molar-refractivity contribution in [3.8, 4) is 0 Å². The number of fused-ring (bicyclic) bond motifs is 1. The summed E-state index contributed by atoms with van der Waals surface area (Å²) < 4.78 is 2.24. The quantitative estimate of drug-likeness (QED) is 0.885. The molecule has 1 saturated carbocycles. The summed E-state index contributed by atoms with van der Waals surface area (Å²) in [7, 11) is 2.14. The van der Waals surface area contributed by atoms with Crippen LogP contribution in [0.4, 0.5) is 0 Å². The molecule has 1 fully saturated rings. The first kappa shape index (κ1) is 13.7. The zero-order valence-electron chi connectivity index (χ0n) is 12.9. The minimum Gasteiger partial charge on any atom is -0.350 e. The molecule has 1 aliphatic carbocycles. The molecule has 20 heavy (non-hydrogen) atoms. The highest BCUT2D eigenvalue weighted by atomic mass is 15.0. The number of nitrogens with one attached hydrogen (secondary N) is 1. The molecule has 0 radical (unpaired) electrons. The zero-order valence-corrected chi connectivity index (χ0v) is 12.9. The molecule has 0 saturated heterocycles. The van der Waals surface area contributed by atoms with Crippen LogP contribution in [0.5, 0.6) is 0 Å². The van der Waals surface area contributed by atoms with Crippen LogP contribution < -0.4 is 5.32 Å². The van der Waals surface area contributed by atoms with Crippen molar-refractivity contribution in [2.24, 2.45) is 18.9 Å². The van der Waals surface area contributed by atoms with Crippen LogP contribution >= 0.6 is 0 Å². The van der Waals surface area contributed by atoms with Crippen LogP contribution in [0, 0.1) is 11.8 Å². The van der Waals surface area contributed by atoms with E-state index in [0.717, 1.165) is 18.4 Å². The molecule has 3 rings (SSSR count). The SMILES string of the molecule is CCC1CCC(NCc2cn(C)c3ccccc23)C1C. The van der Waals surface area contributed by atoms with Gasteiger partial charge in [-0.25, -0.2) is 0 Å².